The predicted molar refractivity (Wildman–Crippen MR) is 107 cm³/mol. The Morgan fingerprint density at radius 2 is 1.85 bits per heavy atom. The normalized spacial score (nSPS) is 11.0. The molecule has 0 aliphatic carbocycles. The summed E-state index contributed by atoms with van der Waals surface area (Å²) in [5, 5.41) is 0.936. The van der Waals surface area contributed by atoms with Crippen molar-refractivity contribution in [2.75, 3.05) is 0 Å². The number of furan rings is 2. The van der Waals surface area contributed by atoms with Crippen LogP contribution < -0.4 is 0 Å². The zero-order valence-electron chi connectivity index (χ0n) is 14.8. The molecular formula is C22H18BrNO3. The molecule has 0 saturated heterocycles. The molecular weight excluding hydrogens is 406 g/mol. The number of carbonyl (C=O) groups is 1. The van der Waals surface area contributed by atoms with E-state index in [1.165, 1.54) is 0 Å². The number of hydrogen-bond donors (Lipinski definition) is 0. The molecule has 0 bridgehead atoms. The van der Waals surface area contributed by atoms with E-state index in [0.29, 0.717) is 24.4 Å². The van der Waals surface area contributed by atoms with Gasteiger partial charge in [-0.15, -0.1) is 0 Å². The number of nitrogens with zero attached hydrogens (tertiary/aromatic N) is 1. The quantitative estimate of drug-likeness (QED) is 0.398. The molecule has 0 unspecified atom stereocenters. The van der Waals surface area contributed by atoms with Gasteiger partial charge in [-0.2, -0.15) is 0 Å². The van der Waals surface area contributed by atoms with E-state index in [0.717, 1.165) is 26.7 Å². The fourth-order valence-electron chi connectivity index (χ4n) is 3.13. The van der Waals surface area contributed by atoms with E-state index < -0.39 is 0 Å². The Balaban J connectivity index is 1.70. The maximum absolute atomic E-state index is 13.3. The lowest BCUT2D eigenvalue weighted by atomic mass is 10.1. The van der Waals surface area contributed by atoms with Gasteiger partial charge in [-0.3, -0.25) is 4.79 Å². The van der Waals surface area contributed by atoms with Crippen LogP contribution in [0, 0.1) is 6.92 Å². The van der Waals surface area contributed by atoms with Gasteiger partial charge in [-0.1, -0.05) is 46.3 Å². The van der Waals surface area contributed by atoms with E-state index >= 15 is 0 Å². The maximum atomic E-state index is 13.3. The Bertz CT molecular complexity index is 1070. The Hall–Kier alpha value is -2.79. The van der Waals surface area contributed by atoms with Crippen LogP contribution in [0.1, 0.15) is 27.4 Å². The fourth-order valence-corrected chi connectivity index (χ4v) is 3.50. The van der Waals surface area contributed by atoms with Gasteiger partial charge in [0.05, 0.1) is 12.8 Å². The minimum Gasteiger partial charge on any atom is -0.467 e. The van der Waals surface area contributed by atoms with Crippen molar-refractivity contribution >= 4 is 32.8 Å². The molecule has 4 aromatic rings. The average Bonchev–Trinajstić information content (AvgIpc) is 3.30. The van der Waals surface area contributed by atoms with Gasteiger partial charge in [0, 0.05) is 22.0 Å². The Morgan fingerprint density at radius 3 is 2.59 bits per heavy atom. The minimum absolute atomic E-state index is 0.153. The van der Waals surface area contributed by atoms with Gasteiger partial charge in [0.2, 0.25) is 0 Å². The van der Waals surface area contributed by atoms with Gasteiger partial charge < -0.3 is 13.7 Å². The first-order valence-corrected chi connectivity index (χ1v) is 9.45. The van der Waals surface area contributed by atoms with Gasteiger partial charge in [-0.25, -0.2) is 0 Å². The highest BCUT2D eigenvalue weighted by atomic mass is 79.9. The average molecular weight is 424 g/mol. The Labute approximate surface area is 165 Å². The van der Waals surface area contributed by atoms with Crippen LogP contribution in [-0.2, 0) is 13.1 Å². The summed E-state index contributed by atoms with van der Waals surface area (Å²) in [4.78, 5) is 15.1. The van der Waals surface area contributed by atoms with Crippen molar-refractivity contribution in [1.29, 1.82) is 0 Å². The molecule has 4 rings (SSSR count). The first kappa shape index (κ1) is 17.6. The third-order valence-electron chi connectivity index (χ3n) is 4.52. The van der Waals surface area contributed by atoms with E-state index in [1.54, 1.807) is 11.2 Å². The number of amides is 1. The lowest BCUT2D eigenvalue weighted by molar-refractivity contribution is 0.0686. The predicted octanol–water partition coefficient (Wildman–Crippen LogP) is 5.94. The van der Waals surface area contributed by atoms with Crippen LogP contribution in [0.4, 0.5) is 0 Å². The molecule has 0 saturated carbocycles. The summed E-state index contributed by atoms with van der Waals surface area (Å²) in [6, 6.07) is 19.3. The molecule has 1 amide bonds. The van der Waals surface area contributed by atoms with Crippen LogP contribution in [0.2, 0.25) is 0 Å². The third kappa shape index (κ3) is 3.69. The second-order valence-corrected chi connectivity index (χ2v) is 7.34. The van der Waals surface area contributed by atoms with E-state index in [1.807, 2.05) is 67.6 Å². The monoisotopic (exact) mass is 423 g/mol. The number of hydrogen-bond acceptors (Lipinski definition) is 3. The lowest BCUT2D eigenvalue weighted by Gasteiger charge is -2.21. The number of carbonyl (C=O) groups excluding carboxylic acids is 1. The number of fused-ring (bicyclic) bond motifs is 1. The van der Waals surface area contributed by atoms with Crippen molar-refractivity contribution in [2.24, 2.45) is 0 Å². The number of rotatable bonds is 5. The molecule has 2 heterocycles. The summed E-state index contributed by atoms with van der Waals surface area (Å²) in [6.45, 7) is 2.76. The smallest absolute Gasteiger partial charge is 0.290 e. The third-order valence-corrected chi connectivity index (χ3v) is 5.02. The summed E-state index contributed by atoms with van der Waals surface area (Å²) in [6.07, 6.45) is 1.62. The zero-order valence-corrected chi connectivity index (χ0v) is 16.4. The van der Waals surface area contributed by atoms with Crippen molar-refractivity contribution in [3.8, 4) is 0 Å². The van der Waals surface area contributed by atoms with Crippen molar-refractivity contribution in [3.63, 3.8) is 0 Å². The molecule has 2 aromatic carbocycles. The SMILES string of the molecule is Cc1c(C(=O)N(Cc2ccccc2)Cc2ccco2)oc2ccc(Br)cc12. The minimum atomic E-state index is -0.153. The van der Waals surface area contributed by atoms with E-state index in [2.05, 4.69) is 15.9 Å². The van der Waals surface area contributed by atoms with Crippen LogP contribution in [0.5, 0.6) is 0 Å². The fraction of sp³-hybridized carbons (Fsp3) is 0.136. The van der Waals surface area contributed by atoms with Crippen LogP contribution in [0.25, 0.3) is 11.0 Å². The first-order valence-electron chi connectivity index (χ1n) is 8.66. The van der Waals surface area contributed by atoms with Crippen molar-refractivity contribution < 1.29 is 13.6 Å². The van der Waals surface area contributed by atoms with Crippen molar-refractivity contribution in [1.82, 2.24) is 4.90 Å². The molecule has 0 aliphatic rings. The summed E-state index contributed by atoms with van der Waals surface area (Å²) >= 11 is 3.48. The van der Waals surface area contributed by atoms with E-state index in [-0.39, 0.29) is 5.91 Å². The van der Waals surface area contributed by atoms with Gasteiger partial charge in [0.1, 0.15) is 11.3 Å². The van der Waals surface area contributed by atoms with Crippen LogP contribution in [0.3, 0.4) is 0 Å². The molecule has 136 valence electrons. The summed E-state index contributed by atoms with van der Waals surface area (Å²) < 4.78 is 12.3. The second kappa shape index (κ2) is 7.45. The second-order valence-electron chi connectivity index (χ2n) is 6.42. The molecule has 5 heteroatoms. The lowest BCUT2D eigenvalue weighted by Crippen LogP contribution is -2.30. The highest BCUT2D eigenvalue weighted by molar-refractivity contribution is 9.10. The van der Waals surface area contributed by atoms with Gasteiger partial charge in [0.25, 0.3) is 5.91 Å². The topological polar surface area (TPSA) is 46.6 Å². The summed E-state index contributed by atoms with van der Waals surface area (Å²) in [5.41, 5.74) is 2.60. The van der Waals surface area contributed by atoms with Crippen molar-refractivity contribution in [2.45, 2.75) is 20.0 Å². The summed E-state index contributed by atoms with van der Waals surface area (Å²) in [5.74, 6) is 0.946. The van der Waals surface area contributed by atoms with Crippen LogP contribution >= 0.6 is 15.9 Å². The zero-order chi connectivity index (χ0) is 18.8. The largest absolute Gasteiger partial charge is 0.467 e. The van der Waals surface area contributed by atoms with Crippen molar-refractivity contribution in [3.05, 3.63) is 94.0 Å². The van der Waals surface area contributed by atoms with Gasteiger partial charge in [0.15, 0.2) is 5.76 Å². The highest BCUT2D eigenvalue weighted by Crippen LogP contribution is 2.29. The molecule has 4 nitrogen and oxygen atoms in total. The molecule has 0 fully saturated rings. The highest BCUT2D eigenvalue weighted by Gasteiger charge is 2.24. The summed E-state index contributed by atoms with van der Waals surface area (Å²) in [7, 11) is 0. The molecule has 0 radical (unpaired) electrons. The van der Waals surface area contributed by atoms with Crippen LogP contribution in [-0.4, -0.2) is 10.8 Å². The van der Waals surface area contributed by atoms with Crippen LogP contribution in [0.15, 0.2) is 80.2 Å². The number of halogens is 1. The molecule has 0 spiro atoms. The molecule has 0 aliphatic heterocycles. The number of benzene rings is 2. The molecule has 0 atom stereocenters. The van der Waals surface area contributed by atoms with E-state index in [9.17, 15) is 4.79 Å². The Kier molecular flexibility index (Phi) is 4.86. The standard InChI is InChI=1S/C22H18BrNO3/c1-15-19-12-17(23)9-10-20(19)27-21(15)22(25)24(14-18-8-5-11-26-18)13-16-6-3-2-4-7-16/h2-12H,13-14H2,1H3. The molecule has 2 aromatic heterocycles. The molecule has 27 heavy (non-hydrogen) atoms. The maximum Gasteiger partial charge on any atom is 0.290 e. The Morgan fingerprint density at radius 1 is 1.04 bits per heavy atom. The van der Waals surface area contributed by atoms with Gasteiger partial charge in [-0.05, 0) is 42.8 Å². The molecule has 0 N–H and O–H groups in total. The van der Waals surface area contributed by atoms with Gasteiger partial charge >= 0.3 is 0 Å². The first-order chi connectivity index (χ1) is 13.1. The van der Waals surface area contributed by atoms with E-state index in [4.69, 9.17) is 8.83 Å². The number of aryl methyl sites for hydroxylation is 1.